The van der Waals surface area contributed by atoms with E-state index < -0.39 is 0 Å². The van der Waals surface area contributed by atoms with Gasteiger partial charge in [0.05, 0.1) is 49.0 Å². The molecule has 8 heteroatoms. The zero-order chi connectivity index (χ0) is 15.7. The first-order chi connectivity index (χ1) is 9.90. The maximum atomic E-state index is 8.80. The molecular formula is C13H6Cl5N3. The quantitative estimate of drug-likeness (QED) is 0.539. The third-order valence-electron chi connectivity index (χ3n) is 2.80. The standard InChI is InChI=1S/C13H6Cl5N3/c14-7-6(8(15)10(17)11(18)9(7)16)13-12(20)5(1-3-19)2-4-21-13/h2,4H,1,20H2. The molecule has 0 aliphatic rings. The Hall–Kier alpha value is -0.890. The minimum atomic E-state index is 0.0591. The fourth-order valence-electron chi connectivity index (χ4n) is 1.76. The van der Waals surface area contributed by atoms with Crippen LogP contribution in [0, 0.1) is 11.3 Å². The second-order valence-electron chi connectivity index (χ2n) is 4.01. The summed E-state index contributed by atoms with van der Waals surface area (Å²) in [5.41, 5.74) is 7.52. The van der Waals surface area contributed by atoms with Crippen LogP contribution in [-0.2, 0) is 6.42 Å². The van der Waals surface area contributed by atoms with E-state index in [2.05, 4.69) is 4.98 Å². The van der Waals surface area contributed by atoms with Crippen molar-refractivity contribution in [2.45, 2.75) is 6.42 Å². The molecule has 0 saturated carbocycles. The van der Waals surface area contributed by atoms with Gasteiger partial charge < -0.3 is 5.73 Å². The van der Waals surface area contributed by atoms with E-state index in [0.717, 1.165) is 0 Å². The van der Waals surface area contributed by atoms with Crippen LogP contribution >= 0.6 is 58.0 Å². The molecule has 0 atom stereocenters. The van der Waals surface area contributed by atoms with Crippen molar-refractivity contribution in [3.05, 3.63) is 42.9 Å². The number of anilines is 1. The lowest BCUT2D eigenvalue weighted by atomic mass is 10.0. The minimum absolute atomic E-state index is 0.0591. The highest BCUT2D eigenvalue weighted by molar-refractivity contribution is 6.56. The summed E-state index contributed by atoms with van der Waals surface area (Å²) in [6.45, 7) is 0. The van der Waals surface area contributed by atoms with Gasteiger partial charge >= 0.3 is 0 Å². The molecule has 0 unspecified atom stereocenters. The normalized spacial score (nSPS) is 10.5. The molecule has 2 rings (SSSR count). The molecule has 0 saturated heterocycles. The summed E-state index contributed by atoms with van der Waals surface area (Å²) >= 11 is 30.4. The van der Waals surface area contributed by atoms with Gasteiger partial charge in [-0.1, -0.05) is 58.0 Å². The smallest absolute Gasteiger partial charge is 0.0965 e. The second-order valence-corrected chi connectivity index (χ2v) is 5.90. The van der Waals surface area contributed by atoms with E-state index in [4.69, 9.17) is 69.0 Å². The van der Waals surface area contributed by atoms with Crippen molar-refractivity contribution in [3.8, 4) is 17.3 Å². The van der Waals surface area contributed by atoms with Crippen LogP contribution in [0.25, 0.3) is 11.3 Å². The molecule has 2 N–H and O–H groups in total. The Morgan fingerprint density at radius 3 is 2.05 bits per heavy atom. The predicted octanol–water partition coefficient (Wildman–Crippen LogP) is 5.66. The van der Waals surface area contributed by atoms with Crippen LogP contribution in [0.15, 0.2) is 12.3 Å². The van der Waals surface area contributed by atoms with Gasteiger partial charge in [-0.05, 0) is 11.6 Å². The minimum Gasteiger partial charge on any atom is -0.397 e. The van der Waals surface area contributed by atoms with Crippen molar-refractivity contribution in [2.75, 3.05) is 5.73 Å². The van der Waals surface area contributed by atoms with E-state index >= 15 is 0 Å². The van der Waals surface area contributed by atoms with Crippen LogP contribution in [0.2, 0.25) is 25.1 Å². The van der Waals surface area contributed by atoms with Crippen molar-refractivity contribution in [1.82, 2.24) is 4.98 Å². The number of nitrogens with zero attached hydrogens (tertiary/aromatic N) is 2. The third-order valence-corrected chi connectivity index (χ3v) is 5.07. The molecule has 1 aromatic heterocycles. The number of halogens is 5. The lowest BCUT2D eigenvalue weighted by Crippen LogP contribution is -2.00. The van der Waals surface area contributed by atoms with E-state index in [9.17, 15) is 0 Å². The summed E-state index contributed by atoms with van der Waals surface area (Å²) in [6, 6.07) is 3.66. The number of benzene rings is 1. The number of nitriles is 1. The summed E-state index contributed by atoms with van der Waals surface area (Å²) in [5, 5.41) is 9.19. The Balaban J connectivity index is 2.81. The number of rotatable bonds is 2. The van der Waals surface area contributed by atoms with Crippen molar-refractivity contribution in [1.29, 1.82) is 5.26 Å². The van der Waals surface area contributed by atoms with Gasteiger partial charge in [0, 0.05) is 11.8 Å². The highest BCUT2D eigenvalue weighted by atomic mass is 35.5. The highest BCUT2D eigenvalue weighted by Gasteiger charge is 2.23. The van der Waals surface area contributed by atoms with Gasteiger partial charge in [0.15, 0.2) is 0 Å². The average molecular weight is 381 g/mol. The molecule has 0 aliphatic carbocycles. The molecule has 0 aliphatic heterocycles. The largest absolute Gasteiger partial charge is 0.397 e. The van der Waals surface area contributed by atoms with Crippen molar-refractivity contribution < 1.29 is 0 Å². The molecule has 108 valence electrons. The van der Waals surface area contributed by atoms with Gasteiger partial charge in [0.25, 0.3) is 0 Å². The maximum absolute atomic E-state index is 8.80. The predicted molar refractivity (Wildman–Crippen MR) is 88.5 cm³/mol. The first-order valence-electron chi connectivity index (χ1n) is 5.52. The first kappa shape index (κ1) is 16.5. The van der Waals surface area contributed by atoms with Crippen LogP contribution in [0.4, 0.5) is 5.69 Å². The molecule has 0 amide bonds. The topological polar surface area (TPSA) is 62.7 Å². The van der Waals surface area contributed by atoms with Crippen LogP contribution in [-0.4, -0.2) is 4.98 Å². The summed E-state index contributed by atoms with van der Waals surface area (Å²) in [6.07, 6.45) is 1.63. The lowest BCUT2D eigenvalue weighted by molar-refractivity contribution is 1.22. The van der Waals surface area contributed by atoms with Gasteiger partial charge in [0.1, 0.15) is 0 Å². The number of hydrogen-bond donors (Lipinski definition) is 1. The van der Waals surface area contributed by atoms with Crippen LogP contribution in [0.3, 0.4) is 0 Å². The monoisotopic (exact) mass is 379 g/mol. The molecule has 1 aromatic carbocycles. The summed E-state index contributed by atoms with van der Waals surface area (Å²) in [4.78, 5) is 4.16. The number of aromatic nitrogens is 1. The van der Waals surface area contributed by atoms with E-state index in [1.807, 2.05) is 6.07 Å². The zero-order valence-electron chi connectivity index (χ0n) is 10.2. The van der Waals surface area contributed by atoms with E-state index in [-0.39, 0.29) is 42.8 Å². The van der Waals surface area contributed by atoms with Gasteiger partial charge in [0.2, 0.25) is 0 Å². The SMILES string of the molecule is N#CCc1ccnc(-c2c(Cl)c(Cl)c(Cl)c(Cl)c2Cl)c1N. The van der Waals surface area contributed by atoms with Gasteiger partial charge in [-0.25, -0.2) is 0 Å². The Morgan fingerprint density at radius 1 is 1.00 bits per heavy atom. The molecule has 3 nitrogen and oxygen atoms in total. The fourth-order valence-corrected chi connectivity index (χ4v) is 3.08. The van der Waals surface area contributed by atoms with E-state index in [0.29, 0.717) is 11.3 Å². The Bertz CT molecular complexity index is 738. The number of hydrogen-bond acceptors (Lipinski definition) is 3. The molecular weight excluding hydrogens is 375 g/mol. The maximum Gasteiger partial charge on any atom is 0.0965 e. The second kappa shape index (κ2) is 6.48. The molecule has 21 heavy (non-hydrogen) atoms. The van der Waals surface area contributed by atoms with Crippen LogP contribution in [0.5, 0.6) is 0 Å². The fraction of sp³-hybridized carbons (Fsp3) is 0.0769. The van der Waals surface area contributed by atoms with Crippen LogP contribution in [0.1, 0.15) is 5.56 Å². The molecule has 0 bridgehead atoms. The molecule has 0 spiro atoms. The molecule has 2 aromatic rings. The lowest BCUT2D eigenvalue weighted by Gasteiger charge is -2.14. The Morgan fingerprint density at radius 2 is 1.52 bits per heavy atom. The van der Waals surface area contributed by atoms with Crippen molar-refractivity contribution in [2.24, 2.45) is 0 Å². The highest BCUT2D eigenvalue weighted by Crippen LogP contribution is 2.48. The van der Waals surface area contributed by atoms with Gasteiger partial charge in [-0.15, -0.1) is 0 Å². The molecule has 1 heterocycles. The van der Waals surface area contributed by atoms with E-state index in [1.54, 1.807) is 6.07 Å². The Kier molecular flexibility index (Phi) is 5.08. The summed E-state index contributed by atoms with van der Waals surface area (Å²) in [5.74, 6) is 0. The summed E-state index contributed by atoms with van der Waals surface area (Å²) in [7, 11) is 0. The first-order valence-corrected chi connectivity index (χ1v) is 7.41. The molecule has 0 radical (unpaired) electrons. The van der Waals surface area contributed by atoms with Gasteiger partial charge in [-0.2, -0.15) is 5.26 Å². The van der Waals surface area contributed by atoms with Crippen molar-refractivity contribution in [3.63, 3.8) is 0 Å². The number of nitrogens with two attached hydrogens (primary N) is 1. The molecule has 0 fully saturated rings. The van der Waals surface area contributed by atoms with Crippen molar-refractivity contribution >= 4 is 63.7 Å². The Labute approximate surface area is 146 Å². The zero-order valence-corrected chi connectivity index (χ0v) is 14.0. The third kappa shape index (κ3) is 2.88. The number of nitrogen functional groups attached to an aromatic ring is 1. The van der Waals surface area contributed by atoms with E-state index in [1.165, 1.54) is 6.20 Å². The van der Waals surface area contributed by atoms with Gasteiger partial charge in [-0.3, -0.25) is 4.98 Å². The van der Waals surface area contributed by atoms with Crippen LogP contribution < -0.4 is 5.73 Å². The number of pyridine rings is 1. The summed E-state index contributed by atoms with van der Waals surface area (Å²) < 4.78 is 0. The average Bonchev–Trinajstić information content (AvgIpc) is 2.47.